The average molecular weight is 600 g/mol. The molecule has 18 heteroatoms. The van der Waals surface area contributed by atoms with E-state index >= 15 is 0 Å². The summed E-state index contributed by atoms with van der Waals surface area (Å²) < 4.78 is 22.9. The first-order chi connectivity index (χ1) is 14.6. The zero-order chi connectivity index (χ0) is 23.0. The summed E-state index contributed by atoms with van der Waals surface area (Å²) in [5, 5.41) is 61.0. The number of aliphatic hydroxyl groups is 6. The lowest BCUT2D eigenvalue weighted by atomic mass is 9.84. The van der Waals surface area contributed by atoms with E-state index < -0.39 is 85.6 Å². The van der Waals surface area contributed by atoms with Crippen LogP contribution in [0.3, 0.4) is 0 Å². The standard InChI is InChI=1S/C17H34N4O10.4ClH/c18-2-7-11(25)12(26)8(21)16(29-7)30-14-5(20)1-4(19)9(23)15(14)31-17-13(27)10(24)6(22)3-28-17;;;;/h4-17,22-27H,1-3,18-21H2;4*1H/t4-,5+,6-,7-,8-,9+,10+,11-,12-,13-,14-,15-,16-,17+;;;;/m1..../s1. The van der Waals surface area contributed by atoms with E-state index in [2.05, 4.69) is 22.9 Å². The SMILES string of the molecule is [Cl-].[Cl-].[Cl-].[Cl-].[NH3+]C[C@H]1O[C@H](O[C@H]2[C@H](O[C@@H]3OC[C@@H](O)[C@H](O)[C@H]3O)[C@@H](O)[C@H]([NH3+])C[C@@H]2[NH3+])[C@H]([NH3+])[C@@H](O)[C@@H]1O. The number of aliphatic hydroxyl groups excluding tert-OH is 6. The Morgan fingerprint density at radius 3 is 1.83 bits per heavy atom. The summed E-state index contributed by atoms with van der Waals surface area (Å²) in [6.45, 7) is -0.0735. The molecule has 2 aliphatic heterocycles. The van der Waals surface area contributed by atoms with Crippen molar-refractivity contribution in [1.29, 1.82) is 0 Å². The Hall–Kier alpha value is 0.600. The second-order valence-corrected chi connectivity index (χ2v) is 8.67. The van der Waals surface area contributed by atoms with E-state index in [1.807, 2.05) is 0 Å². The fraction of sp³-hybridized carbons (Fsp3) is 1.00. The van der Waals surface area contributed by atoms with Crippen molar-refractivity contribution in [2.24, 2.45) is 0 Å². The normalized spacial score (nSPS) is 47.8. The predicted octanol–water partition coefficient (Wildman–Crippen LogP) is -21.5. The predicted molar refractivity (Wildman–Crippen MR) is 96.6 cm³/mol. The maximum atomic E-state index is 10.7. The fourth-order valence-electron chi connectivity index (χ4n) is 4.31. The van der Waals surface area contributed by atoms with Gasteiger partial charge in [0, 0.05) is 0 Å². The van der Waals surface area contributed by atoms with Crippen LogP contribution in [0.15, 0.2) is 0 Å². The van der Waals surface area contributed by atoms with Gasteiger partial charge in [-0.15, -0.1) is 0 Å². The molecule has 2 heterocycles. The third-order valence-electron chi connectivity index (χ3n) is 6.36. The Morgan fingerprint density at radius 2 is 1.26 bits per heavy atom. The van der Waals surface area contributed by atoms with Crippen molar-refractivity contribution in [3.05, 3.63) is 0 Å². The van der Waals surface area contributed by atoms with Crippen LogP contribution in [-0.4, -0.2) is 129 Å². The van der Waals surface area contributed by atoms with Gasteiger partial charge in [0.05, 0.1) is 13.0 Å². The molecule has 0 spiro atoms. The van der Waals surface area contributed by atoms with Crippen molar-refractivity contribution in [1.82, 2.24) is 0 Å². The summed E-state index contributed by atoms with van der Waals surface area (Å²) in [5.41, 5.74) is 15.5. The van der Waals surface area contributed by atoms with Crippen LogP contribution < -0.4 is 72.6 Å². The molecular weight excluding hydrogens is 562 g/mol. The Labute approximate surface area is 227 Å². The largest absolute Gasteiger partial charge is 1.00 e. The van der Waals surface area contributed by atoms with E-state index in [0.29, 0.717) is 6.42 Å². The number of ether oxygens (including phenoxy) is 4. The van der Waals surface area contributed by atoms with E-state index in [4.69, 9.17) is 18.9 Å². The van der Waals surface area contributed by atoms with E-state index in [1.54, 1.807) is 0 Å². The van der Waals surface area contributed by atoms with Gasteiger partial charge in [-0.3, -0.25) is 0 Å². The number of rotatable bonds is 5. The molecule has 35 heavy (non-hydrogen) atoms. The molecule has 18 N–H and O–H groups in total. The summed E-state index contributed by atoms with van der Waals surface area (Å²) >= 11 is 0. The Balaban J connectivity index is 0. The van der Waals surface area contributed by atoms with Crippen molar-refractivity contribution < 1.29 is 122 Å². The van der Waals surface area contributed by atoms with Gasteiger partial charge in [-0.1, -0.05) is 0 Å². The molecule has 0 amide bonds. The minimum absolute atomic E-state index is 0. The van der Waals surface area contributed by atoms with E-state index in [-0.39, 0.29) is 62.8 Å². The molecule has 0 radical (unpaired) electrons. The van der Waals surface area contributed by atoms with Crippen molar-refractivity contribution >= 4 is 0 Å². The number of quaternary nitrogens is 4. The quantitative estimate of drug-likeness (QED) is 0.142. The minimum Gasteiger partial charge on any atom is -1.00 e. The number of hydrogen-bond acceptors (Lipinski definition) is 10. The summed E-state index contributed by atoms with van der Waals surface area (Å²) in [4.78, 5) is 0. The van der Waals surface area contributed by atoms with Gasteiger partial charge >= 0.3 is 0 Å². The Kier molecular flexibility index (Phi) is 17.1. The molecule has 1 saturated carbocycles. The Bertz CT molecular complexity index is 609. The van der Waals surface area contributed by atoms with Gasteiger partial charge in [0.1, 0.15) is 73.6 Å². The summed E-state index contributed by atoms with van der Waals surface area (Å²) in [6.07, 6.45) is -12.5. The van der Waals surface area contributed by atoms with Gasteiger partial charge in [-0.05, 0) is 0 Å². The monoisotopic (exact) mass is 598 g/mol. The first-order valence-corrected chi connectivity index (χ1v) is 10.5. The summed E-state index contributed by atoms with van der Waals surface area (Å²) in [6, 6.07) is -1.70. The topological polar surface area (TPSA) is 269 Å². The molecule has 0 aromatic heterocycles. The molecular formula is C17H38Cl4N4O10. The van der Waals surface area contributed by atoms with Crippen molar-refractivity contribution in [3.63, 3.8) is 0 Å². The lowest BCUT2D eigenvalue weighted by Crippen LogP contribution is -3.00. The fourth-order valence-corrected chi connectivity index (χ4v) is 4.31. The summed E-state index contributed by atoms with van der Waals surface area (Å²) in [7, 11) is 0. The second-order valence-electron chi connectivity index (χ2n) is 8.67. The molecule has 3 fully saturated rings. The van der Waals surface area contributed by atoms with Crippen molar-refractivity contribution in [2.45, 2.75) is 92.1 Å². The van der Waals surface area contributed by atoms with Gasteiger partial charge in [-0.25, -0.2) is 0 Å². The van der Waals surface area contributed by atoms with Crippen LogP contribution in [0.5, 0.6) is 0 Å². The first kappa shape index (κ1) is 37.8. The maximum Gasteiger partial charge on any atom is 0.214 e. The zero-order valence-corrected chi connectivity index (χ0v) is 21.9. The Morgan fingerprint density at radius 1 is 0.686 bits per heavy atom. The molecule has 3 aliphatic rings. The average Bonchev–Trinajstić information content (AvgIpc) is 2.74. The highest BCUT2D eigenvalue weighted by Gasteiger charge is 2.54. The van der Waals surface area contributed by atoms with Gasteiger partial charge < -0.3 is 122 Å². The molecule has 0 unspecified atom stereocenters. The maximum absolute atomic E-state index is 10.7. The lowest BCUT2D eigenvalue weighted by molar-refractivity contribution is -0.537. The van der Waals surface area contributed by atoms with Crippen LogP contribution in [0.25, 0.3) is 0 Å². The van der Waals surface area contributed by atoms with Crippen LogP contribution in [0.4, 0.5) is 0 Å². The van der Waals surface area contributed by atoms with Crippen LogP contribution in [0.2, 0.25) is 0 Å². The second kappa shape index (κ2) is 15.9. The third-order valence-corrected chi connectivity index (χ3v) is 6.36. The number of hydrogen-bond donors (Lipinski definition) is 10. The molecule has 1 aliphatic carbocycles. The van der Waals surface area contributed by atoms with Crippen LogP contribution in [0, 0.1) is 0 Å². The lowest BCUT2D eigenvalue weighted by Gasteiger charge is -2.45. The number of halogens is 4. The summed E-state index contributed by atoms with van der Waals surface area (Å²) in [5.74, 6) is 0. The van der Waals surface area contributed by atoms with Crippen molar-refractivity contribution in [2.75, 3.05) is 13.2 Å². The zero-order valence-electron chi connectivity index (χ0n) is 18.9. The molecule has 214 valence electrons. The van der Waals surface area contributed by atoms with Crippen molar-refractivity contribution in [3.8, 4) is 0 Å². The molecule has 3 rings (SSSR count). The van der Waals surface area contributed by atoms with Gasteiger partial charge in [0.15, 0.2) is 12.3 Å². The van der Waals surface area contributed by atoms with E-state index in [0.717, 1.165) is 0 Å². The smallest absolute Gasteiger partial charge is 0.214 e. The third kappa shape index (κ3) is 8.05. The first-order valence-electron chi connectivity index (χ1n) is 10.5. The minimum atomic E-state index is -1.55. The van der Waals surface area contributed by atoms with E-state index in [1.165, 1.54) is 0 Å². The molecule has 0 aromatic rings. The van der Waals surface area contributed by atoms with Gasteiger partial charge in [0.2, 0.25) is 6.29 Å². The van der Waals surface area contributed by atoms with Crippen LogP contribution in [0.1, 0.15) is 6.42 Å². The highest BCUT2D eigenvalue weighted by Crippen LogP contribution is 2.29. The highest BCUT2D eigenvalue weighted by molar-refractivity contribution is 4.97. The molecule has 14 nitrogen and oxygen atoms in total. The van der Waals surface area contributed by atoms with Crippen LogP contribution >= 0.6 is 0 Å². The molecule has 0 bridgehead atoms. The molecule has 2 saturated heterocycles. The molecule has 0 aromatic carbocycles. The van der Waals surface area contributed by atoms with E-state index in [9.17, 15) is 30.6 Å². The van der Waals surface area contributed by atoms with Gasteiger partial charge in [0.25, 0.3) is 0 Å². The van der Waals surface area contributed by atoms with Gasteiger partial charge in [-0.2, -0.15) is 0 Å². The highest BCUT2D eigenvalue weighted by atomic mass is 35.5. The van der Waals surface area contributed by atoms with Crippen LogP contribution in [-0.2, 0) is 18.9 Å². The molecule has 14 atom stereocenters.